The number of halogens is 1. The van der Waals surface area contributed by atoms with E-state index in [0.717, 1.165) is 38.0 Å². The number of hydrogen-bond donors (Lipinski definition) is 2. The molecule has 0 radical (unpaired) electrons. The summed E-state index contributed by atoms with van der Waals surface area (Å²) in [6.45, 7) is 4.40. The zero-order chi connectivity index (χ0) is 22.8. The standard InChI is InChI=1S/C25H34N4O3.HI/c1-4-26-25(28-21-10-11-22(31-2)23(17-21)32-3)27-18-24(30)29-14-12-20(13-15-29)16-19-8-6-5-7-9-19;/h5-11,17,20H,4,12-16,18H2,1-3H3,(H2,26,27,28);1H. The van der Waals surface area contributed by atoms with Gasteiger partial charge in [0.25, 0.3) is 0 Å². The van der Waals surface area contributed by atoms with Crippen LogP contribution in [0, 0.1) is 5.92 Å². The van der Waals surface area contributed by atoms with Crippen molar-refractivity contribution < 1.29 is 14.3 Å². The SMILES string of the molecule is CCNC(=NCC(=O)N1CCC(Cc2ccccc2)CC1)Nc1ccc(OC)c(OC)c1.I. The molecule has 1 aliphatic rings. The first-order valence-corrected chi connectivity index (χ1v) is 11.2. The molecule has 1 aliphatic heterocycles. The van der Waals surface area contributed by atoms with Crippen LogP contribution >= 0.6 is 24.0 Å². The Kier molecular flexibility index (Phi) is 11.3. The molecule has 1 saturated heterocycles. The smallest absolute Gasteiger partial charge is 0.244 e. The topological polar surface area (TPSA) is 75.2 Å². The number of hydrogen-bond acceptors (Lipinski definition) is 4. The minimum atomic E-state index is 0. The van der Waals surface area contributed by atoms with Crippen molar-refractivity contribution in [1.82, 2.24) is 10.2 Å². The van der Waals surface area contributed by atoms with Crippen LogP contribution in [0.25, 0.3) is 0 Å². The number of benzene rings is 2. The van der Waals surface area contributed by atoms with Crippen molar-refractivity contribution >= 4 is 41.5 Å². The molecule has 0 spiro atoms. The summed E-state index contributed by atoms with van der Waals surface area (Å²) in [6.07, 6.45) is 3.16. The molecular formula is C25H35IN4O3. The van der Waals surface area contributed by atoms with Crippen LogP contribution in [0.1, 0.15) is 25.3 Å². The molecular weight excluding hydrogens is 531 g/mol. The van der Waals surface area contributed by atoms with Gasteiger partial charge >= 0.3 is 0 Å². The highest BCUT2D eigenvalue weighted by Gasteiger charge is 2.22. The molecule has 2 aromatic carbocycles. The molecule has 1 fully saturated rings. The number of amides is 1. The van der Waals surface area contributed by atoms with Crippen LogP contribution in [0.15, 0.2) is 53.5 Å². The number of aliphatic imine (C=N–C) groups is 1. The molecule has 0 aliphatic carbocycles. The van der Waals surface area contributed by atoms with Crippen LogP contribution in [0.3, 0.4) is 0 Å². The van der Waals surface area contributed by atoms with E-state index in [0.29, 0.717) is 29.9 Å². The van der Waals surface area contributed by atoms with Gasteiger partial charge in [-0.15, -0.1) is 24.0 Å². The summed E-state index contributed by atoms with van der Waals surface area (Å²) in [5.74, 6) is 2.54. The number of methoxy groups -OCH3 is 2. The number of anilines is 1. The van der Waals surface area contributed by atoms with Crippen LogP contribution in [-0.4, -0.2) is 57.2 Å². The maximum absolute atomic E-state index is 12.7. The molecule has 2 aromatic rings. The fourth-order valence-corrected chi connectivity index (χ4v) is 3.94. The quantitative estimate of drug-likeness (QED) is 0.285. The summed E-state index contributed by atoms with van der Waals surface area (Å²) >= 11 is 0. The van der Waals surface area contributed by atoms with Gasteiger partial charge in [0.1, 0.15) is 6.54 Å². The molecule has 3 rings (SSSR count). The van der Waals surface area contributed by atoms with Crippen molar-refractivity contribution in [3.63, 3.8) is 0 Å². The second-order valence-corrected chi connectivity index (χ2v) is 7.90. The predicted molar refractivity (Wildman–Crippen MR) is 144 cm³/mol. The Balaban J connectivity index is 0.00000385. The van der Waals surface area contributed by atoms with Gasteiger partial charge in [0.2, 0.25) is 5.91 Å². The van der Waals surface area contributed by atoms with Crippen molar-refractivity contribution in [1.29, 1.82) is 0 Å². The third-order valence-electron chi connectivity index (χ3n) is 5.70. The third-order valence-corrected chi connectivity index (χ3v) is 5.70. The minimum Gasteiger partial charge on any atom is -0.493 e. The number of nitrogens with zero attached hydrogens (tertiary/aromatic N) is 2. The molecule has 0 unspecified atom stereocenters. The van der Waals surface area contributed by atoms with Gasteiger partial charge in [0.15, 0.2) is 17.5 Å². The van der Waals surface area contributed by atoms with Crippen LogP contribution in [-0.2, 0) is 11.2 Å². The van der Waals surface area contributed by atoms with E-state index in [4.69, 9.17) is 9.47 Å². The zero-order valence-electron chi connectivity index (χ0n) is 19.7. The van der Waals surface area contributed by atoms with E-state index in [1.54, 1.807) is 14.2 Å². The summed E-state index contributed by atoms with van der Waals surface area (Å²) in [4.78, 5) is 19.2. The van der Waals surface area contributed by atoms with Gasteiger partial charge in [-0.25, -0.2) is 4.99 Å². The fourth-order valence-electron chi connectivity index (χ4n) is 3.94. The van der Waals surface area contributed by atoms with Gasteiger partial charge in [-0.2, -0.15) is 0 Å². The lowest BCUT2D eigenvalue weighted by Crippen LogP contribution is -2.41. The predicted octanol–water partition coefficient (Wildman–Crippen LogP) is 4.18. The first-order valence-electron chi connectivity index (χ1n) is 11.2. The lowest BCUT2D eigenvalue weighted by Gasteiger charge is -2.32. The number of nitrogens with one attached hydrogen (secondary N) is 2. The Bertz CT molecular complexity index is 900. The van der Waals surface area contributed by atoms with Crippen molar-refractivity contribution in [2.24, 2.45) is 10.9 Å². The fraction of sp³-hybridized carbons (Fsp3) is 0.440. The monoisotopic (exact) mass is 566 g/mol. The van der Waals surface area contributed by atoms with Crippen LogP contribution in [0.4, 0.5) is 5.69 Å². The number of piperidine rings is 1. The minimum absolute atomic E-state index is 0. The average Bonchev–Trinajstić information content (AvgIpc) is 2.83. The van der Waals surface area contributed by atoms with E-state index in [1.807, 2.05) is 36.1 Å². The summed E-state index contributed by atoms with van der Waals surface area (Å²) in [5, 5.41) is 6.42. The van der Waals surface area contributed by atoms with Crippen LogP contribution in [0.2, 0.25) is 0 Å². The molecule has 1 heterocycles. The molecule has 180 valence electrons. The van der Waals surface area contributed by atoms with E-state index >= 15 is 0 Å². The second-order valence-electron chi connectivity index (χ2n) is 7.90. The summed E-state index contributed by atoms with van der Waals surface area (Å²) in [5.41, 5.74) is 2.18. The van der Waals surface area contributed by atoms with Gasteiger partial charge < -0.3 is 25.0 Å². The summed E-state index contributed by atoms with van der Waals surface area (Å²) < 4.78 is 10.6. The van der Waals surface area contributed by atoms with E-state index in [1.165, 1.54) is 5.56 Å². The largest absolute Gasteiger partial charge is 0.493 e. The Hall–Kier alpha value is -2.49. The zero-order valence-corrected chi connectivity index (χ0v) is 22.0. The van der Waals surface area contributed by atoms with Crippen molar-refractivity contribution in [3.05, 3.63) is 54.1 Å². The van der Waals surface area contributed by atoms with E-state index in [9.17, 15) is 4.79 Å². The lowest BCUT2D eigenvalue weighted by atomic mass is 9.90. The molecule has 1 amide bonds. The third kappa shape index (κ3) is 8.10. The van der Waals surface area contributed by atoms with E-state index < -0.39 is 0 Å². The molecule has 0 atom stereocenters. The highest BCUT2D eigenvalue weighted by Crippen LogP contribution is 2.29. The summed E-state index contributed by atoms with van der Waals surface area (Å²) in [6, 6.07) is 16.1. The Morgan fingerprint density at radius 3 is 2.39 bits per heavy atom. The van der Waals surface area contributed by atoms with Crippen LogP contribution in [0.5, 0.6) is 11.5 Å². The van der Waals surface area contributed by atoms with Crippen molar-refractivity contribution in [3.8, 4) is 11.5 Å². The molecule has 0 saturated carbocycles. The first kappa shape index (κ1) is 26.8. The molecule has 7 nitrogen and oxygen atoms in total. The molecule has 0 aromatic heterocycles. The Morgan fingerprint density at radius 2 is 1.76 bits per heavy atom. The highest BCUT2D eigenvalue weighted by molar-refractivity contribution is 14.0. The number of rotatable bonds is 8. The van der Waals surface area contributed by atoms with Crippen molar-refractivity contribution in [2.75, 3.05) is 45.7 Å². The maximum Gasteiger partial charge on any atom is 0.244 e. The summed E-state index contributed by atoms with van der Waals surface area (Å²) in [7, 11) is 3.20. The maximum atomic E-state index is 12.7. The Morgan fingerprint density at radius 1 is 1.06 bits per heavy atom. The molecule has 0 bridgehead atoms. The van der Waals surface area contributed by atoms with Gasteiger partial charge in [-0.05, 0) is 49.8 Å². The number of carbonyl (C=O) groups is 1. The lowest BCUT2D eigenvalue weighted by molar-refractivity contribution is -0.130. The average molecular weight is 566 g/mol. The molecule has 33 heavy (non-hydrogen) atoms. The van der Waals surface area contributed by atoms with Gasteiger partial charge in [-0.3, -0.25) is 4.79 Å². The second kappa shape index (κ2) is 13.9. The molecule has 8 heteroatoms. The van der Waals surface area contributed by atoms with Crippen molar-refractivity contribution in [2.45, 2.75) is 26.2 Å². The molecule has 2 N–H and O–H groups in total. The Labute approximate surface area is 214 Å². The number of ether oxygens (including phenoxy) is 2. The number of carbonyl (C=O) groups excluding carboxylic acids is 1. The number of guanidine groups is 1. The van der Waals surface area contributed by atoms with Gasteiger partial charge in [-0.1, -0.05) is 30.3 Å². The van der Waals surface area contributed by atoms with E-state index in [2.05, 4.69) is 39.9 Å². The van der Waals surface area contributed by atoms with E-state index in [-0.39, 0.29) is 36.4 Å². The normalized spacial score (nSPS) is 14.3. The van der Waals surface area contributed by atoms with Gasteiger partial charge in [0, 0.05) is 31.4 Å². The van der Waals surface area contributed by atoms with Crippen LogP contribution < -0.4 is 20.1 Å². The number of likely N-dealkylation sites (tertiary alicyclic amines) is 1. The van der Waals surface area contributed by atoms with Gasteiger partial charge in [0.05, 0.1) is 14.2 Å². The highest BCUT2D eigenvalue weighted by atomic mass is 127. The first-order chi connectivity index (χ1) is 15.6.